The van der Waals surface area contributed by atoms with Gasteiger partial charge in [-0.15, -0.1) is 12.3 Å². The molecule has 5 nitrogen and oxygen atoms in total. The molecule has 0 aliphatic rings. The van der Waals surface area contributed by atoms with Crippen molar-refractivity contribution in [1.29, 1.82) is 0 Å². The van der Waals surface area contributed by atoms with Crippen LogP contribution in [0.5, 0.6) is 0 Å². The van der Waals surface area contributed by atoms with E-state index in [1.54, 1.807) is 6.92 Å². The van der Waals surface area contributed by atoms with Gasteiger partial charge in [-0.25, -0.2) is 13.1 Å². The highest BCUT2D eigenvalue weighted by molar-refractivity contribution is 7.90. The van der Waals surface area contributed by atoms with Crippen LogP contribution in [-0.2, 0) is 14.8 Å². The molecule has 0 aliphatic heterocycles. The van der Waals surface area contributed by atoms with Crippen molar-refractivity contribution in [2.75, 3.05) is 0 Å². The average molecular weight is 219 g/mol. The predicted molar refractivity (Wildman–Crippen MR) is 52.1 cm³/mol. The summed E-state index contributed by atoms with van der Waals surface area (Å²) < 4.78 is 24.8. The van der Waals surface area contributed by atoms with Crippen LogP contribution in [-0.4, -0.2) is 30.8 Å². The Bertz CT molecular complexity index is 341. The van der Waals surface area contributed by atoms with Crippen LogP contribution in [0, 0.1) is 12.3 Å². The molecule has 0 saturated heterocycles. The second-order valence-electron chi connectivity index (χ2n) is 2.95. The Kier molecular flexibility index (Phi) is 4.60. The van der Waals surface area contributed by atoms with Gasteiger partial charge < -0.3 is 5.11 Å². The first-order valence-electron chi connectivity index (χ1n) is 3.98. The van der Waals surface area contributed by atoms with Gasteiger partial charge in [0, 0.05) is 12.5 Å². The molecule has 14 heavy (non-hydrogen) atoms. The van der Waals surface area contributed by atoms with Crippen LogP contribution in [0.4, 0.5) is 0 Å². The molecule has 2 unspecified atom stereocenters. The third-order valence-electron chi connectivity index (χ3n) is 1.60. The van der Waals surface area contributed by atoms with Crippen molar-refractivity contribution >= 4 is 16.0 Å². The quantitative estimate of drug-likeness (QED) is 0.627. The van der Waals surface area contributed by atoms with Crippen molar-refractivity contribution in [3.63, 3.8) is 0 Å². The molecule has 0 amide bonds. The van der Waals surface area contributed by atoms with Gasteiger partial charge in [0.15, 0.2) is 5.25 Å². The molecule has 6 heteroatoms. The third-order valence-corrected chi connectivity index (χ3v) is 3.47. The molecule has 0 radical (unpaired) electrons. The van der Waals surface area contributed by atoms with Gasteiger partial charge in [-0.2, -0.15) is 0 Å². The normalized spacial score (nSPS) is 15.5. The Hall–Kier alpha value is -1.06. The van der Waals surface area contributed by atoms with Gasteiger partial charge in [-0.05, 0) is 13.8 Å². The van der Waals surface area contributed by atoms with Crippen molar-refractivity contribution in [3.8, 4) is 12.3 Å². The van der Waals surface area contributed by atoms with Crippen molar-refractivity contribution in [1.82, 2.24) is 4.72 Å². The van der Waals surface area contributed by atoms with Crippen LogP contribution in [0.2, 0.25) is 0 Å². The number of hydrogen-bond donors (Lipinski definition) is 2. The summed E-state index contributed by atoms with van der Waals surface area (Å²) in [4.78, 5) is 10.4. The number of hydrogen-bond acceptors (Lipinski definition) is 3. The van der Waals surface area contributed by atoms with Crippen LogP contribution >= 0.6 is 0 Å². The van der Waals surface area contributed by atoms with E-state index in [-0.39, 0.29) is 6.42 Å². The lowest BCUT2D eigenvalue weighted by molar-refractivity contribution is -0.136. The summed E-state index contributed by atoms with van der Waals surface area (Å²) in [6.45, 7) is 2.68. The SMILES string of the molecule is C#CCC(C)NS(=O)(=O)C(C)C(=O)O. The Morgan fingerprint density at radius 3 is 2.43 bits per heavy atom. The summed E-state index contributed by atoms with van der Waals surface area (Å²) in [6.07, 6.45) is 5.21. The molecule has 0 aromatic heterocycles. The summed E-state index contributed by atoms with van der Waals surface area (Å²) in [5.41, 5.74) is 0. The summed E-state index contributed by atoms with van der Waals surface area (Å²) in [6, 6.07) is -0.452. The van der Waals surface area contributed by atoms with E-state index >= 15 is 0 Å². The fourth-order valence-electron chi connectivity index (χ4n) is 0.734. The van der Waals surface area contributed by atoms with Crippen molar-refractivity contribution in [2.45, 2.75) is 31.6 Å². The van der Waals surface area contributed by atoms with Crippen LogP contribution in [0.3, 0.4) is 0 Å². The molecule has 0 heterocycles. The number of carboxylic acid groups (broad SMARTS) is 1. The van der Waals surface area contributed by atoms with Crippen molar-refractivity contribution in [3.05, 3.63) is 0 Å². The molecule has 0 saturated carbocycles. The number of rotatable bonds is 5. The summed E-state index contributed by atoms with van der Waals surface area (Å²) in [5.74, 6) is 0.900. The third kappa shape index (κ3) is 3.77. The van der Waals surface area contributed by atoms with Crippen molar-refractivity contribution in [2.24, 2.45) is 0 Å². The van der Waals surface area contributed by atoms with Gasteiger partial charge in [0.1, 0.15) is 0 Å². The molecular formula is C8H13NO4S. The molecule has 0 spiro atoms. The van der Waals surface area contributed by atoms with E-state index in [2.05, 4.69) is 10.6 Å². The number of aliphatic carboxylic acids is 1. The van der Waals surface area contributed by atoms with E-state index in [4.69, 9.17) is 11.5 Å². The van der Waals surface area contributed by atoms with Crippen LogP contribution in [0.15, 0.2) is 0 Å². The highest BCUT2D eigenvalue weighted by Crippen LogP contribution is 2.01. The van der Waals surface area contributed by atoms with E-state index in [9.17, 15) is 13.2 Å². The van der Waals surface area contributed by atoms with E-state index in [0.717, 1.165) is 6.92 Å². The van der Waals surface area contributed by atoms with Gasteiger partial charge in [0.2, 0.25) is 10.0 Å². The van der Waals surface area contributed by atoms with Gasteiger partial charge in [-0.1, -0.05) is 0 Å². The van der Waals surface area contributed by atoms with Crippen LogP contribution < -0.4 is 4.72 Å². The van der Waals surface area contributed by atoms with Crippen LogP contribution in [0.1, 0.15) is 20.3 Å². The maximum absolute atomic E-state index is 11.3. The number of sulfonamides is 1. The van der Waals surface area contributed by atoms with Crippen molar-refractivity contribution < 1.29 is 18.3 Å². The molecule has 0 fully saturated rings. The monoisotopic (exact) mass is 219 g/mol. The molecule has 0 bridgehead atoms. The number of carboxylic acids is 1. The van der Waals surface area contributed by atoms with E-state index in [1.807, 2.05) is 0 Å². The topological polar surface area (TPSA) is 83.5 Å². The minimum Gasteiger partial charge on any atom is -0.480 e. The molecule has 2 atom stereocenters. The molecule has 80 valence electrons. The Morgan fingerprint density at radius 1 is 1.57 bits per heavy atom. The first-order valence-corrected chi connectivity index (χ1v) is 5.53. The second-order valence-corrected chi connectivity index (χ2v) is 4.99. The van der Waals surface area contributed by atoms with Gasteiger partial charge in [-0.3, -0.25) is 4.79 Å². The van der Waals surface area contributed by atoms with Crippen LogP contribution in [0.25, 0.3) is 0 Å². The summed E-state index contributed by atoms with van der Waals surface area (Å²) >= 11 is 0. The average Bonchev–Trinajstić information content (AvgIpc) is 2.02. The Labute approximate surface area is 83.6 Å². The zero-order valence-corrected chi connectivity index (χ0v) is 8.84. The molecular weight excluding hydrogens is 206 g/mol. The van der Waals surface area contributed by atoms with E-state index in [1.165, 1.54) is 0 Å². The fraction of sp³-hybridized carbons (Fsp3) is 0.625. The van der Waals surface area contributed by atoms with Gasteiger partial charge in [0.25, 0.3) is 0 Å². The van der Waals surface area contributed by atoms with Gasteiger partial charge in [0.05, 0.1) is 0 Å². The highest BCUT2D eigenvalue weighted by atomic mass is 32.2. The fourth-order valence-corrected chi connectivity index (χ4v) is 1.85. The van der Waals surface area contributed by atoms with E-state index in [0.29, 0.717) is 0 Å². The lowest BCUT2D eigenvalue weighted by atomic mass is 10.3. The number of nitrogens with one attached hydrogen (secondary N) is 1. The molecule has 0 aromatic carbocycles. The minimum atomic E-state index is -3.83. The molecule has 2 N–H and O–H groups in total. The van der Waals surface area contributed by atoms with Gasteiger partial charge >= 0.3 is 5.97 Å². The maximum atomic E-state index is 11.3. The minimum absolute atomic E-state index is 0.228. The standard InChI is InChI=1S/C8H13NO4S/c1-4-5-6(2)9-14(12,13)7(3)8(10)11/h1,6-7,9H,5H2,2-3H3,(H,10,11). The summed E-state index contributed by atoms with van der Waals surface area (Å²) in [5, 5.41) is 7.03. The highest BCUT2D eigenvalue weighted by Gasteiger charge is 2.28. The summed E-state index contributed by atoms with van der Waals surface area (Å²) in [7, 11) is -3.83. The zero-order valence-electron chi connectivity index (χ0n) is 8.02. The maximum Gasteiger partial charge on any atom is 0.323 e. The second kappa shape index (κ2) is 4.98. The largest absolute Gasteiger partial charge is 0.480 e. The Morgan fingerprint density at radius 2 is 2.07 bits per heavy atom. The molecule has 0 aliphatic carbocycles. The molecule has 0 aromatic rings. The number of carbonyl (C=O) groups is 1. The van der Waals surface area contributed by atoms with E-state index < -0.39 is 27.3 Å². The molecule has 0 rings (SSSR count). The lowest BCUT2D eigenvalue weighted by Crippen LogP contribution is -2.41. The first kappa shape index (κ1) is 12.9. The Balaban J connectivity index is 4.52. The smallest absolute Gasteiger partial charge is 0.323 e. The number of terminal acetylenes is 1. The predicted octanol–water partition coefficient (Wildman–Crippen LogP) is -0.209. The first-order chi connectivity index (χ1) is 6.31. The lowest BCUT2D eigenvalue weighted by Gasteiger charge is -2.13. The zero-order chi connectivity index (χ0) is 11.4.